The Morgan fingerprint density at radius 1 is 1.31 bits per heavy atom. The van der Waals surface area contributed by atoms with Crippen LogP contribution in [0.5, 0.6) is 0 Å². The molecule has 94 valence electrons. The largest absolute Gasteiger partial charge is 0.406 e. The Labute approximate surface area is 93.5 Å². The molecule has 0 bridgehead atoms. The topological polar surface area (TPSA) is 21.3 Å². The zero-order chi connectivity index (χ0) is 11.6. The van der Waals surface area contributed by atoms with E-state index in [1.54, 1.807) is 0 Å². The first-order chi connectivity index (χ1) is 7.54. The molecule has 2 rings (SSSR count). The Morgan fingerprint density at radius 3 is 2.56 bits per heavy atom. The molecule has 0 aromatic heterocycles. The van der Waals surface area contributed by atoms with Gasteiger partial charge >= 0.3 is 6.18 Å². The molecule has 1 unspecified atom stereocenters. The minimum Gasteiger partial charge on any atom is -0.378 e. The van der Waals surface area contributed by atoms with Crippen molar-refractivity contribution >= 4 is 0 Å². The minimum atomic E-state index is -4.09. The van der Waals surface area contributed by atoms with Crippen molar-refractivity contribution in [3.63, 3.8) is 0 Å². The fraction of sp³-hybridized carbons (Fsp3) is 1.00. The van der Waals surface area contributed by atoms with E-state index < -0.39 is 11.7 Å². The van der Waals surface area contributed by atoms with Gasteiger partial charge < -0.3 is 10.1 Å². The van der Waals surface area contributed by atoms with Crippen LogP contribution in [0.2, 0.25) is 0 Å². The summed E-state index contributed by atoms with van der Waals surface area (Å²) in [5.41, 5.74) is -1.55. The number of rotatable bonds is 5. The van der Waals surface area contributed by atoms with Gasteiger partial charge in [-0.25, -0.2) is 0 Å². The first-order valence-electron chi connectivity index (χ1n) is 5.97. The van der Waals surface area contributed by atoms with Crippen molar-refractivity contribution < 1.29 is 17.9 Å². The number of alkyl halides is 3. The fourth-order valence-electron chi connectivity index (χ4n) is 2.21. The molecule has 1 saturated heterocycles. The highest BCUT2D eigenvalue weighted by Crippen LogP contribution is 2.48. The fourth-order valence-corrected chi connectivity index (χ4v) is 2.21. The third kappa shape index (κ3) is 2.69. The van der Waals surface area contributed by atoms with E-state index >= 15 is 0 Å². The smallest absolute Gasteiger partial charge is 0.378 e. The van der Waals surface area contributed by atoms with E-state index in [0.717, 1.165) is 32.3 Å². The summed E-state index contributed by atoms with van der Waals surface area (Å²) in [6.07, 6.45) is 0.449. The van der Waals surface area contributed by atoms with Crippen molar-refractivity contribution in [3.8, 4) is 0 Å². The second kappa shape index (κ2) is 4.53. The van der Waals surface area contributed by atoms with E-state index in [1.165, 1.54) is 0 Å². The number of ether oxygens (including phenoxy) is 1. The number of halogens is 3. The predicted molar refractivity (Wildman–Crippen MR) is 54.2 cm³/mol. The SMILES string of the molecule is FC(F)(F)C1(NCCCC2CCCO2)CC1. The number of hydrogen-bond acceptors (Lipinski definition) is 2. The molecule has 0 amide bonds. The minimum absolute atomic E-state index is 0.233. The zero-order valence-corrected chi connectivity index (χ0v) is 9.28. The number of nitrogens with one attached hydrogen (secondary N) is 1. The van der Waals surface area contributed by atoms with Gasteiger partial charge in [0, 0.05) is 6.61 Å². The van der Waals surface area contributed by atoms with Crippen molar-refractivity contribution in [2.45, 2.75) is 56.3 Å². The molecular formula is C11H18F3NO. The molecule has 2 nitrogen and oxygen atoms in total. The van der Waals surface area contributed by atoms with E-state index in [9.17, 15) is 13.2 Å². The van der Waals surface area contributed by atoms with Gasteiger partial charge in [-0.3, -0.25) is 0 Å². The zero-order valence-electron chi connectivity index (χ0n) is 9.28. The van der Waals surface area contributed by atoms with Gasteiger partial charge in [-0.2, -0.15) is 13.2 Å². The van der Waals surface area contributed by atoms with Crippen LogP contribution >= 0.6 is 0 Å². The lowest BCUT2D eigenvalue weighted by Crippen LogP contribution is -2.45. The molecule has 1 atom stereocenters. The molecule has 0 spiro atoms. The van der Waals surface area contributed by atoms with Gasteiger partial charge in [-0.05, 0) is 45.1 Å². The van der Waals surface area contributed by atoms with Crippen LogP contribution in [0.4, 0.5) is 13.2 Å². The van der Waals surface area contributed by atoms with Crippen LogP contribution in [0, 0.1) is 0 Å². The number of hydrogen-bond donors (Lipinski definition) is 1. The molecular weight excluding hydrogens is 219 g/mol. The third-order valence-electron chi connectivity index (χ3n) is 3.48. The van der Waals surface area contributed by atoms with Crippen LogP contribution in [0.25, 0.3) is 0 Å². The highest BCUT2D eigenvalue weighted by Gasteiger charge is 2.62. The molecule has 0 radical (unpaired) electrons. The van der Waals surface area contributed by atoms with Crippen LogP contribution in [0.15, 0.2) is 0 Å². The second-order valence-corrected chi connectivity index (χ2v) is 4.78. The summed E-state index contributed by atoms with van der Waals surface area (Å²) in [5, 5.41) is 2.65. The van der Waals surface area contributed by atoms with Gasteiger partial charge in [0.25, 0.3) is 0 Å². The van der Waals surface area contributed by atoms with E-state index in [0.29, 0.717) is 6.54 Å². The van der Waals surface area contributed by atoms with E-state index in [1.807, 2.05) is 0 Å². The second-order valence-electron chi connectivity index (χ2n) is 4.78. The summed E-state index contributed by atoms with van der Waals surface area (Å²) in [4.78, 5) is 0. The Hall–Kier alpha value is -0.290. The van der Waals surface area contributed by atoms with Gasteiger partial charge in [0.2, 0.25) is 0 Å². The average Bonchev–Trinajstić information content (AvgIpc) is 2.83. The molecule has 0 aromatic rings. The lowest BCUT2D eigenvalue weighted by atomic mass is 10.1. The standard InChI is InChI=1S/C11H18F3NO/c12-11(13,14)10(5-6-10)15-7-1-3-9-4-2-8-16-9/h9,15H,1-8H2. The lowest BCUT2D eigenvalue weighted by molar-refractivity contribution is -0.165. The summed E-state index contributed by atoms with van der Waals surface area (Å²) in [5.74, 6) is 0. The molecule has 0 aromatic carbocycles. The molecule has 1 aliphatic heterocycles. The first kappa shape index (κ1) is 12.2. The highest BCUT2D eigenvalue weighted by atomic mass is 19.4. The monoisotopic (exact) mass is 237 g/mol. The Morgan fingerprint density at radius 2 is 2.06 bits per heavy atom. The van der Waals surface area contributed by atoms with Crippen molar-refractivity contribution in [2.24, 2.45) is 0 Å². The van der Waals surface area contributed by atoms with Crippen LogP contribution in [0.1, 0.15) is 38.5 Å². The Kier molecular flexibility index (Phi) is 3.45. The van der Waals surface area contributed by atoms with Crippen LogP contribution in [0.3, 0.4) is 0 Å². The maximum absolute atomic E-state index is 12.5. The van der Waals surface area contributed by atoms with Gasteiger partial charge in [0.05, 0.1) is 6.10 Å². The van der Waals surface area contributed by atoms with Gasteiger partial charge in [-0.15, -0.1) is 0 Å². The maximum Gasteiger partial charge on any atom is 0.406 e. The predicted octanol–water partition coefficient (Wildman–Crippen LogP) is 2.63. The van der Waals surface area contributed by atoms with E-state index in [4.69, 9.17) is 4.74 Å². The molecule has 1 heterocycles. The van der Waals surface area contributed by atoms with E-state index in [2.05, 4.69) is 5.32 Å². The normalized spacial score (nSPS) is 28.3. The van der Waals surface area contributed by atoms with Crippen LogP contribution < -0.4 is 5.32 Å². The van der Waals surface area contributed by atoms with Crippen LogP contribution in [-0.2, 0) is 4.74 Å². The van der Waals surface area contributed by atoms with Crippen LogP contribution in [-0.4, -0.2) is 31.0 Å². The average molecular weight is 237 g/mol. The molecule has 16 heavy (non-hydrogen) atoms. The van der Waals surface area contributed by atoms with Gasteiger partial charge in [-0.1, -0.05) is 0 Å². The molecule has 2 aliphatic rings. The summed E-state index contributed by atoms with van der Waals surface area (Å²) in [6.45, 7) is 1.25. The van der Waals surface area contributed by atoms with Crippen molar-refractivity contribution in [3.05, 3.63) is 0 Å². The molecule has 1 N–H and O–H groups in total. The molecule has 5 heteroatoms. The summed E-state index contributed by atoms with van der Waals surface area (Å²) in [6, 6.07) is 0. The molecule has 2 fully saturated rings. The first-order valence-corrected chi connectivity index (χ1v) is 5.97. The Balaban J connectivity index is 1.61. The van der Waals surface area contributed by atoms with Crippen molar-refractivity contribution in [1.29, 1.82) is 0 Å². The van der Waals surface area contributed by atoms with Gasteiger partial charge in [0.1, 0.15) is 5.54 Å². The summed E-state index contributed by atoms with van der Waals surface area (Å²) in [7, 11) is 0. The lowest BCUT2D eigenvalue weighted by Gasteiger charge is -2.21. The summed E-state index contributed by atoms with van der Waals surface area (Å²) >= 11 is 0. The quantitative estimate of drug-likeness (QED) is 0.742. The van der Waals surface area contributed by atoms with Crippen molar-refractivity contribution in [2.75, 3.05) is 13.2 Å². The summed E-state index contributed by atoms with van der Waals surface area (Å²) < 4.78 is 43.0. The molecule has 1 saturated carbocycles. The maximum atomic E-state index is 12.5. The molecule has 1 aliphatic carbocycles. The van der Waals surface area contributed by atoms with E-state index in [-0.39, 0.29) is 18.9 Å². The third-order valence-corrected chi connectivity index (χ3v) is 3.48. The Bertz CT molecular complexity index is 232. The van der Waals surface area contributed by atoms with Crippen molar-refractivity contribution in [1.82, 2.24) is 5.32 Å². The highest BCUT2D eigenvalue weighted by molar-refractivity contribution is 5.07. The van der Waals surface area contributed by atoms with Gasteiger partial charge in [0.15, 0.2) is 0 Å².